The van der Waals surface area contributed by atoms with E-state index in [4.69, 9.17) is 4.74 Å². The maximum atomic E-state index is 12.3. The second-order valence-electron chi connectivity index (χ2n) is 6.16. The summed E-state index contributed by atoms with van der Waals surface area (Å²) in [6.45, 7) is 2.09. The standard InChI is InChI=1S/C20H20N2O4/c1-13(23)15-4-2-5-17(12-15)22-19(24)14-7-9-16(10-8-14)21-20(25)18-6-3-11-26-18/h2,4-5,7-10,12,18H,3,6,11H2,1H3,(H,21,25)(H,22,24)/t18-/m1/s1. The van der Waals surface area contributed by atoms with E-state index in [1.54, 1.807) is 48.5 Å². The van der Waals surface area contributed by atoms with E-state index in [9.17, 15) is 14.4 Å². The van der Waals surface area contributed by atoms with Crippen molar-refractivity contribution in [2.24, 2.45) is 0 Å². The first kappa shape index (κ1) is 17.8. The van der Waals surface area contributed by atoms with Gasteiger partial charge in [-0.25, -0.2) is 0 Å². The third-order valence-electron chi connectivity index (χ3n) is 4.16. The molecule has 2 aromatic rings. The number of anilines is 2. The first-order valence-corrected chi connectivity index (χ1v) is 8.48. The molecule has 1 fully saturated rings. The number of hydrogen-bond acceptors (Lipinski definition) is 4. The minimum atomic E-state index is -0.397. The smallest absolute Gasteiger partial charge is 0.255 e. The number of rotatable bonds is 5. The molecule has 1 aliphatic heterocycles. The van der Waals surface area contributed by atoms with Gasteiger partial charge in [0, 0.05) is 29.1 Å². The number of carbonyl (C=O) groups excluding carboxylic acids is 3. The molecule has 0 spiro atoms. The first-order valence-electron chi connectivity index (χ1n) is 8.48. The molecule has 6 heteroatoms. The molecule has 0 aromatic heterocycles. The maximum Gasteiger partial charge on any atom is 0.255 e. The summed E-state index contributed by atoms with van der Waals surface area (Å²) in [6, 6.07) is 13.4. The van der Waals surface area contributed by atoms with Crippen LogP contribution >= 0.6 is 0 Å². The van der Waals surface area contributed by atoms with E-state index in [0.29, 0.717) is 29.1 Å². The van der Waals surface area contributed by atoms with Crippen LogP contribution in [-0.2, 0) is 9.53 Å². The molecule has 0 aliphatic carbocycles. The quantitative estimate of drug-likeness (QED) is 0.809. The SMILES string of the molecule is CC(=O)c1cccc(NC(=O)c2ccc(NC(=O)[C@H]3CCCO3)cc2)c1. The summed E-state index contributed by atoms with van der Waals surface area (Å²) in [4.78, 5) is 35.8. The second kappa shape index (κ2) is 7.93. The molecular weight excluding hydrogens is 332 g/mol. The minimum absolute atomic E-state index is 0.0626. The van der Waals surface area contributed by atoms with E-state index < -0.39 is 6.10 Å². The van der Waals surface area contributed by atoms with Crippen LogP contribution in [0.3, 0.4) is 0 Å². The van der Waals surface area contributed by atoms with E-state index in [1.165, 1.54) is 6.92 Å². The Balaban J connectivity index is 1.62. The predicted octanol–water partition coefficient (Wildman–Crippen LogP) is 3.26. The Morgan fingerprint density at radius 2 is 1.73 bits per heavy atom. The van der Waals surface area contributed by atoms with Gasteiger partial charge < -0.3 is 15.4 Å². The lowest BCUT2D eigenvalue weighted by atomic mass is 10.1. The lowest BCUT2D eigenvalue weighted by Gasteiger charge is -2.11. The lowest BCUT2D eigenvalue weighted by Crippen LogP contribution is -2.26. The molecule has 0 unspecified atom stereocenters. The number of hydrogen-bond donors (Lipinski definition) is 2. The lowest BCUT2D eigenvalue weighted by molar-refractivity contribution is -0.124. The number of amides is 2. The highest BCUT2D eigenvalue weighted by atomic mass is 16.5. The number of nitrogens with one attached hydrogen (secondary N) is 2. The molecular formula is C20H20N2O4. The number of benzene rings is 2. The Hall–Kier alpha value is -2.99. The second-order valence-corrected chi connectivity index (χ2v) is 6.16. The van der Waals surface area contributed by atoms with E-state index in [0.717, 1.165) is 12.8 Å². The number of ketones is 1. The Labute approximate surface area is 151 Å². The fourth-order valence-electron chi connectivity index (χ4n) is 2.73. The van der Waals surface area contributed by atoms with Crippen LogP contribution in [0.4, 0.5) is 11.4 Å². The molecule has 6 nitrogen and oxygen atoms in total. The van der Waals surface area contributed by atoms with Crippen LogP contribution in [0.25, 0.3) is 0 Å². The normalized spacial score (nSPS) is 16.1. The van der Waals surface area contributed by atoms with E-state index >= 15 is 0 Å². The zero-order chi connectivity index (χ0) is 18.5. The molecule has 0 saturated carbocycles. The monoisotopic (exact) mass is 352 g/mol. The van der Waals surface area contributed by atoms with Gasteiger partial charge in [0.1, 0.15) is 6.10 Å². The third kappa shape index (κ3) is 4.34. The van der Waals surface area contributed by atoms with Crippen molar-refractivity contribution in [2.75, 3.05) is 17.2 Å². The van der Waals surface area contributed by atoms with Gasteiger partial charge in [0.25, 0.3) is 11.8 Å². The highest BCUT2D eigenvalue weighted by molar-refractivity contribution is 6.05. The van der Waals surface area contributed by atoms with Gasteiger partial charge in [0.15, 0.2) is 5.78 Å². The van der Waals surface area contributed by atoms with Crippen molar-refractivity contribution in [3.05, 3.63) is 59.7 Å². The van der Waals surface area contributed by atoms with Crippen molar-refractivity contribution in [1.82, 2.24) is 0 Å². The summed E-state index contributed by atoms with van der Waals surface area (Å²) < 4.78 is 5.34. The van der Waals surface area contributed by atoms with Gasteiger partial charge in [-0.1, -0.05) is 12.1 Å². The van der Waals surface area contributed by atoms with Crippen molar-refractivity contribution in [3.8, 4) is 0 Å². The molecule has 134 valence electrons. The van der Waals surface area contributed by atoms with Gasteiger partial charge in [-0.3, -0.25) is 14.4 Å². The predicted molar refractivity (Wildman–Crippen MR) is 98.4 cm³/mol. The molecule has 26 heavy (non-hydrogen) atoms. The van der Waals surface area contributed by atoms with Crippen LogP contribution < -0.4 is 10.6 Å². The molecule has 1 saturated heterocycles. The van der Waals surface area contributed by atoms with Crippen molar-refractivity contribution < 1.29 is 19.1 Å². The molecule has 3 rings (SSSR count). The molecule has 0 radical (unpaired) electrons. The zero-order valence-electron chi connectivity index (χ0n) is 14.5. The average molecular weight is 352 g/mol. The van der Waals surface area contributed by atoms with Gasteiger partial charge in [0.05, 0.1) is 0 Å². The first-order chi connectivity index (χ1) is 12.5. The Bertz CT molecular complexity index is 824. The summed E-state index contributed by atoms with van der Waals surface area (Å²) >= 11 is 0. The Kier molecular flexibility index (Phi) is 5.43. The van der Waals surface area contributed by atoms with Gasteiger partial charge in [-0.05, 0) is 56.2 Å². The van der Waals surface area contributed by atoms with Crippen molar-refractivity contribution in [3.63, 3.8) is 0 Å². The molecule has 2 N–H and O–H groups in total. The van der Waals surface area contributed by atoms with Crippen LogP contribution in [0.15, 0.2) is 48.5 Å². The van der Waals surface area contributed by atoms with Crippen LogP contribution in [0.1, 0.15) is 40.5 Å². The highest BCUT2D eigenvalue weighted by Crippen LogP contribution is 2.17. The van der Waals surface area contributed by atoms with Crippen LogP contribution in [0.5, 0.6) is 0 Å². The summed E-state index contributed by atoms with van der Waals surface area (Å²) in [5, 5.41) is 5.55. The molecule has 1 heterocycles. The van der Waals surface area contributed by atoms with Gasteiger partial charge in [-0.15, -0.1) is 0 Å². The molecule has 2 amide bonds. The van der Waals surface area contributed by atoms with Crippen LogP contribution in [-0.4, -0.2) is 30.3 Å². The van der Waals surface area contributed by atoms with Gasteiger partial charge >= 0.3 is 0 Å². The highest BCUT2D eigenvalue weighted by Gasteiger charge is 2.23. The van der Waals surface area contributed by atoms with Crippen LogP contribution in [0.2, 0.25) is 0 Å². The summed E-state index contributed by atoms with van der Waals surface area (Å²) in [7, 11) is 0. The van der Waals surface area contributed by atoms with Crippen molar-refractivity contribution in [1.29, 1.82) is 0 Å². The minimum Gasteiger partial charge on any atom is -0.368 e. The number of carbonyl (C=O) groups is 3. The Morgan fingerprint density at radius 1 is 0.962 bits per heavy atom. The fourth-order valence-corrected chi connectivity index (χ4v) is 2.73. The summed E-state index contributed by atoms with van der Waals surface area (Å²) in [6.07, 6.45) is 1.22. The largest absolute Gasteiger partial charge is 0.368 e. The van der Waals surface area contributed by atoms with Crippen molar-refractivity contribution in [2.45, 2.75) is 25.9 Å². The molecule has 1 aliphatic rings. The van der Waals surface area contributed by atoms with E-state index in [1.807, 2.05) is 0 Å². The number of ether oxygens (including phenoxy) is 1. The third-order valence-corrected chi connectivity index (χ3v) is 4.16. The molecule has 1 atom stereocenters. The van der Waals surface area contributed by atoms with Crippen molar-refractivity contribution >= 4 is 29.0 Å². The van der Waals surface area contributed by atoms with Crippen LogP contribution in [0, 0.1) is 0 Å². The Morgan fingerprint density at radius 3 is 2.38 bits per heavy atom. The summed E-state index contributed by atoms with van der Waals surface area (Å²) in [5.74, 6) is -0.518. The molecule has 0 bridgehead atoms. The summed E-state index contributed by atoms with van der Waals surface area (Å²) in [5.41, 5.74) is 2.16. The van der Waals surface area contributed by atoms with E-state index in [-0.39, 0.29) is 17.6 Å². The van der Waals surface area contributed by atoms with Gasteiger partial charge in [0.2, 0.25) is 0 Å². The molecule has 2 aromatic carbocycles. The maximum absolute atomic E-state index is 12.3. The van der Waals surface area contributed by atoms with E-state index in [2.05, 4.69) is 10.6 Å². The topological polar surface area (TPSA) is 84.5 Å². The fraction of sp³-hybridized carbons (Fsp3) is 0.250. The average Bonchev–Trinajstić information content (AvgIpc) is 3.17. The van der Waals surface area contributed by atoms with Gasteiger partial charge in [-0.2, -0.15) is 0 Å². The number of Topliss-reactive ketones (excluding diaryl/α,β-unsaturated/α-hetero) is 1. The zero-order valence-corrected chi connectivity index (χ0v) is 14.5.